The molecular weight excluding hydrogens is 249 g/mol. The lowest BCUT2D eigenvalue weighted by molar-refractivity contribution is 0.0698. The van der Waals surface area contributed by atoms with E-state index >= 15 is 0 Å². The number of nitrogens with one attached hydrogen (secondary N) is 1. The predicted molar refractivity (Wildman–Crippen MR) is 69.3 cm³/mol. The molecule has 0 aliphatic rings. The van der Waals surface area contributed by atoms with E-state index in [1.54, 1.807) is 24.5 Å². The third-order valence-electron chi connectivity index (χ3n) is 2.64. The second kappa shape index (κ2) is 5.34. The molecule has 0 saturated carbocycles. The van der Waals surface area contributed by atoms with E-state index < -0.39 is 11.8 Å². The average Bonchev–Trinajstić information content (AvgIpc) is 2.41. The molecule has 0 radical (unpaired) electrons. The molecule has 19 heavy (non-hydrogen) atoms. The fraction of sp³-hybridized carbons (Fsp3) is 0.0769. The Labute approximate surface area is 108 Å². The zero-order chi connectivity index (χ0) is 13.8. The Morgan fingerprint density at radius 2 is 2.00 bits per heavy atom. The van der Waals surface area contributed by atoms with Crippen molar-refractivity contribution in [2.45, 2.75) is 6.54 Å². The van der Waals surface area contributed by atoms with E-state index in [1.165, 1.54) is 6.07 Å². The van der Waals surface area contributed by atoms with Gasteiger partial charge in [0.2, 0.25) is 0 Å². The third-order valence-corrected chi connectivity index (χ3v) is 2.64. The molecule has 5 nitrogen and oxygen atoms in total. The molecule has 1 aromatic heterocycles. The highest BCUT2D eigenvalue weighted by molar-refractivity contribution is 6.00. The van der Waals surface area contributed by atoms with Crippen LogP contribution < -0.4 is 11.1 Å². The minimum absolute atomic E-state index is 0.256. The standard InChI is InChI=1S/C13H12FN3O2/c14-9-1-2-10(11(12(9)15)13(18)19)17-7-8-3-5-16-6-4-8/h1-6,17H,7,15H2,(H,18,19). The lowest BCUT2D eigenvalue weighted by atomic mass is 10.1. The van der Waals surface area contributed by atoms with Crippen LogP contribution in [-0.4, -0.2) is 16.1 Å². The molecule has 0 unspecified atom stereocenters. The van der Waals surface area contributed by atoms with Crippen molar-refractivity contribution in [2.75, 3.05) is 11.1 Å². The summed E-state index contributed by atoms with van der Waals surface area (Å²) >= 11 is 0. The summed E-state index contributed by atoms with van der Waals surface area (Å²) in [6.45, 7) is 0.397. The van der Waals surface area contributed by atoms with Crippen LogP contribution >= 0.6 is 0 Å². The number of nitrogens with zero attached hydrogens (tertiary/aromatic N) is 1. The summed E-state index contributed by atoms with van der Waals surface area (Å²) in [6.07, 6.45) is 3.27. The van der Waals surface area contributed by atoms with Gasteiger partial charge in [-0.05, 0) is 29.8 Å². The maximum Gasteiger partial charge on any atom is 0.340 e. The lowest BCUT2D eigenvalue weighted by Crippen LogP contribution is -2.10. The molecule has 6 heteroatoms. The van der Waals surface area contributed by atoms with Crippen molar-refractivity contribution in [2.24, 2.45) is 0 Å². The van der Waals surface area contributed by atoms with Gasteiger partial charge in [-0.2, -0.15) is 0 Å². The van der Waals surface area contributed by atoms with Gasteiger partial charge in [-0.1, -0.05) is 0 Å². The number of halogens is 1. The van der Waals surface area contributed by atoms with Gasteiger partial charge in [-0.15, -0.1) is 0 Å². The maximum atomic E-state index is 13.3. The highest BCUT2D eigenvalue weighted by atomic mass is 19.1. The van der Waals surface area contributed by atoms with Crippen LogP contribution in [0.4, 0.5) is 15.8 Å². The maximum absolute atomic E-state index is 13.3. The molecule has 0 spiro atoms. The van der Waals surface area contributed by atoms with Crippen LogP contribution in [0.2, 0.25) is 0 Å². The van der Waals surface area contributed by atoms with Crippen molar-refractivity contribution in [1.82, 2.24) is 4.98 Å². The van der Waals surface area contributed by atoms with E-state index in [1.807, 2.05) is 0 Å². The van der Waals surface area contributed by atoms with E-state index in [-0.39, 0.29) is 16.9 Å². The first-order valence-corrected chi connectivity index (χ1v) is 5.53. The van der Waals surface area contributed by atoms with Crippen molar-refractivity contribution in [3.05, 3.63) is 53.6 Å². The number of nitrogen functional groups attached to an aromatic ring is 1. The molecule has 98 valence electrons. The lowest BCUT2D eigenvalue weighted by Gasteiger charge is -2.12. The summed E-state index contributed by atoms with van der Waals surface area (Å²) in [5.74, 6) is -2.01. The van der Waals surface area contributed by atoms with Crippen LogP contribution in [-0.2, 0) is 6.54 Å². The van der Waals surface area contributed by atoms with Crippen LogP contribution in [0, 0.1) is 5.82 Å². The summed E-state index contributed by atoms with van der Waals surface area (Å²) in [7, 11) is 0. The number of benzene rings is 1. The van der Waals surface area contributed by atoms with E-state index in [0.717, 1.165) is 11.6 Å². The quantitative estimate of drug-likeness (QED) is 0.733. The molecule has 2 rings (SSSR count). The number of hydrogen-bond donors (Lipinski definition) is 3. The number of hydrogen-bond acceptors (Lipinski definition) is 4. The molecule has 1 aromatic carbocycles. The minimum atomic E-state index is -1.27. The number of carboxylic acids is 1. The van der Waals surface area contributed by atoms with Crippen LogP contribution in [0.3, 0.4) is 0 Å². The number of pyridine rings is 1. The Balaban J connectivity index is 2.26. The molecule has 0 fully saturated rings. The topological polar surface area (TPSA) is 88.2 Å². The SMILES string of the molecule is Nc1c(F)ccc(NCc2ccncc2)c1C(=O)O. The smallest absolute Gasteiger partial charge is 0.340 e. The molecule has 0 atom stereocenters. The molecule has 0 bridgehead atoms. The van der Waals surface area contributed by atoms with Gasteiger partial charge >= 0.3 is 5.97 Å². The van der Waals surface area contributed by atoms with Gasteiger partial charge in [0.1, 0.15) is 11.4 Å². The van der Waals surface area contributed by atoms with E-state index in [4.69, 9.17) is 10.8 Å². The van der Waals surface area contributed by atoms with Gasteiger partial charge < -0.3 is 16.2 Å². The van der Waals surface area contributed by atoms with Crippen LogP contribution in [0.25, 0.3) is 0 Å². The molecule has 1 heterocycles. The molecule has 0 amide bonds. The predicted octanol–water partition coefficient (Wildman–Crippen LogP) is 2.11. The summed E-state index contributed by atoms with van der Waals surface area (Å²) in [5, 5.41) is 12.0. The largest absolute Gasteiger partial charge is 0.478 e. The number of aromatic nitrogens is 1. The number of nitrogens with two attached hydrogens (primary N) is 1. The van der Waals surface area contributed by atoms with Crippen molar-refractivity contribution < 1.29 is 14.3 Å². The monoisotopic (exact) mass is 261 g/mol. The van der Waals surface area contributed by atoms with Gasteiger partial charge in [-0.25, -0.2) is 9.18 Å². The first-order valence-electron chi connectivity index (χ1n) is 5.53. The van der Waals surface area contributed by atoms with Crippen molar-refractivity contribution in [3.63, 3.8) is 0 Å². The van der Waals surface area contributed by atoms with Crippen molar-refractivity contribution in [1.29, 1.82) is 0 Å². The fourth-order valence-corrected chi connectivity index (χ4v) is 1.67. The van der Waals surface area contributed by atoms with Crippen molar-refractivity contribution >= 4 is 17.3 Å². The molecule has 0 saturated heterocycles. The average molecular weight is 261 g/mol. The van der Waals surface area contributed by atoms with Crippen LogP contribution in [0.5, 0.6) is 0 Å². The van der Waals surface area contributed by atoms with Gasteiger partial charge in [-0.3, -0.25) is 4.98 Å². The highest BCUT2D eigenvalue weighted by Gasteiger charge is 2.17. The van der Waals surface area contributed by atoms with E-state index in [2.05, 4.69) is 10.3 Å². The van der Waals surface area contributed by atoms with Gasteiger partial charge in [0.25, 0.3) is 0 Å². The second-order valence-corrected chi connectivity index (χ2v) is 3.90. The van der Waals surface area contributed by atoms with Crippen LogP contribution in [0.15, 0.2) is 36.7 Å². The molecule has 0 aliphatic heterocycles. The zero-order valence-electron chi connectivity index (χ0n) is 9.93. The normalized spacial score (nSPS) is 10.2. The van der Waals surface area contributed by atoms with Crippen LogP contribution in [0.1, 0.15) is 15.9 Å². The zero-order valence-corrected chi connectivity index (χ0v) is 9.93. The molecular formula is C13H12FN3O2. The Hall–Kier alpha value is -2.63. The van der Waals surface area contributed by atoms with Gasteiger partial charge in [0.05, 0.1) is 11.4 Å². The third kappa shape index (κ3) is 2.79. The number of carboxylic acid groups (broad SMARTS) is 1. The number of rotatable bonds is 4. The summed E-state index contributed by atoms with van der Waals surface area (Å²) < 4.78 is 13.3. The molecule has 0 aliphatic carbocycles. The highest BCUT2D eigenvalue weighted by Crippen LogP contribution is 2.25. The van der Waals surface area contributed by atoms with Gasteiger partial charge in [0.15, 0.2) is 0 Å². The Morgan fingerprint density at radius 1 is 1.32 bits per heavy atom. The van der Waals surface area contributed by atoms with E-state index in [0.29, 0.717) is 6.54 Å². The Morgan fingerprint density at radius 3 is 2.63 bits per heavy atom. The summed E-state index contributed by atoms with van der Waals surface area (Å²) in [4.78, 5) is 15.0. The summed E-state index contributed by atoms with van der Waals surface area (Å²) in [6, 6.07) is 6.08. The first kappa shape index (κ1) is 12.8. The Bertz CT molecular complexity index is 602. The summed E-state index contributed by atoms with van der Waals surface area (Å²) in [5.41, 5.74) is 6.03. The second-order valence-electron chi connectivity index (χ2n) is 3.90. The minimum Gasteiger partial charge on any atom is -0.478 e. The number of anilines is 2. The van der Waals surface area contributed by atoms with E-state index in [9.17, 15) is 9.18 Å². The van der Waals surface area contributed by atoms with Crippen molar-refractivity contribution in [3.8, 4) is 0 Å². The first-order chi connectivity index (χ1) is 9.09. The number of carbonyl (C=O) groups is 1. The van der Waals surface area contributed by atoms with Gasteiger partial charge in [0, 0.05) is 18.9 Å². The number of aromatic carboxylic acids is 1. The fourth-order valence-electron chi connectivity index (χ4n) is 1.67. The molecule has 4 N–H and O–H groups in total. The Kier molecular flexibility index (Phi) is 3.61. The molecule has 2 aromatic rings.